The summed E-state index contributed by atoms with van der Waals surface area (Å²) in [6, 6.07) is 24.8. The normalized spacial score (nSPS) is 14.2. The maximum Gasteiger partial charge on any atom is 0.225 e. The highest BCUT2D eigenvalue weighted by molar-refractivity contribution is 5.97. The van der Waals surface area contributed by atoms with E-state index in [2.05, 4.69) is 105 Å². The molecule has 1 atom stereocenters. The predicted molar refractivity (Wildman–Crippen MR) is 218 cm³/mol. The molecule has 0 aromatic heterocycles. The van der Waals surface area contributed by atoms with Gasteiger partial charge in [-0.3, -0.25) is 19.2 Å². The Kier molecular flexibility index (Phi) is 22.2. The number of Topliss-reactive ketones (excluding diaryl/α,β-unsaturated/α-hetero) is 2. The molecule has 4 rings (SSSR count). The summed E-state index contributed by atoms with van der Waals surface area (Å²) in [5.74, 6) is 0.893. The summed E-state index contributed by atoms with van der Waals surface area (Å²) in [6.07, 6.45) is 13.9. The molecule has 0 fully saturated rings. The number of nitrogens with one attached hydrogen (secondary N) is 2. The van der Waals surface area contributed by atoms with E-state index in [9.17, 15) is 19.2 Å². The molecule has 0 saturated heterocycles. The first-order valence-electron chi connectivity index (χ1n) is 19.1. The molecular formula is C46H64N2O4. The lowest BCUT2D eigenvalue weighted by molar-refractivity contribution is -0.121. The minimum atomic E-state index is -0.375. The average molecular weight is 709 g/mol. The van der Waals surface area contributed by atoms with Crippen LogP contribution in [0.5, 0.6) is 0 Å². The Labute approximate surface area is 314 Å². The van der Waals surface area contributed by atoms with Crippen molar-refractivity contribution in [3.8, 4) is 0 Å². The van der Waals surface area contributed by atoms with Crippen molar-refractivity contribution in [2.45, 2.75) is 119 Å². The average Bonchev–Trinajstić information content (AvgIpc) is 3.15. The molecule has 0 aliphatic heterocycles. The van der Waals surface area contributed by atoms with Crippen LogP contribution in [0.4, 0.5) is 0 Å². The largest absolute Gasteiger partial charge is 0.352 e. The monoisotopic (exact) mass is 708 g/mol. The van der Waals surface area contributed by atoms with Crippen molar-refractivity contribution in [2.75, 3.05) is 6.54 Å². The van der Waals surface area contributed by atoms with Crippen molar-refractivity contribution in [1.82, 2.24) is 10.6 Å². The Morgan fingerprint density at radius 3 is 1.81 bits per heavy atom. The molecule has 1 aliphatic carbocycles. The van der Waals surface area contributed by atoms with Crippen molar-refractivity contribution in [3.63, 3.8) is 0 Å². The fourth-order valence-electron chi connectivity index (χ4n) is 5.49. The Morgan fingerprint density at radius 2 is 1.33 bits per heavy atom. The molecule has 1 unspecified atom stereocenters. The molecule has 282 valence electrons. The van der Waals surface area contributed by atoms with E-state index in [1.807, 2.05) is 52.0 Å². The lowest BCUT2D eigenvalue weighted by Crippen LogP contribution is -2.45. The molecule has 3 aromatic rings. The number of allylic oxidation sites excluding steroid dienone is 2. The molecule has 0 bridgehead atoms. The lowest BCUT2D eigenvalue weighted by atomic mass is 9.88. The fraction of sp³-hybridized carbons (Fsp3) is 0.435. The summed E-state index contributed by atoms with van der Waals surface area (Å²) >= 11 is 0. The van der Waals surface area contributed by atoms with Gasteiger partial charge in [-0.1, -0.05) is 146 Å². The molecule has 2 N–H and O–H groups in total. The predicted octanol–water partition coefficient (Wildman–Crippen LogP) is 9.57. The number of benzene rings is 3. The zero-order valence-corrected chi connectivity index (χ0v) is 33.3. The van der Waals surface area contributed by atoms with E-state index in [1.165, 1.54) is 42.0 Å². The van der Waals surface area contributed by atoms with Crippen LogP contribution in [0.2, 0.25) is 0 Å². The van der Waals surface area contributed by atoms with Crippen molar-refractivity contribution >= 4 is 23.9 Å². The zero-order chi connectivity index (χ0) is 38.9. The van der Waals surface area contributed by atoms with Gasteiger partial charge in [-0.05, 0) is 85.3 Å². The maximum atomic E-state index is 12.8. The summed E-state index contributed by atoms with van der Waals surface area (Å²) < 4.78 is 0. The van der Waals surface area contributed by atoms with Gasteiger partial charge in [-0.2, -0.15) is 0 Å². The lowest BCUT2D eigenvalue weighted by Gasteiger charge is -2.29. The van der Waals surface area contributed by atoms with Crippen LogP contribution >= 0.6 is 0 Å². The summed E-state index contributed by atoms with van der Waals surface area (Å²) in [7, 11) is 0. The van der Waals surface area contributed by atoms with Crippen LogP contribution in [-0.2, 0) is 46.5 Å². The van der Waals surface area contributed by atoms with E-state index in [1.54, 1.807) is 0 Å². The van der Waals surface area contributed by atoms with Gasteiger partial charge in [0.2, 0.25) is 12.3 Å². The topological polar surface area (TPSA) is 92.3 Å². The van der Waals surface area contributed by atoms with E-state index < -0.39 is 0 Å². The van der Waals surface area contributed by atoms with E-state index in [0.29, 0.717) is 19.3 Å². The molecule has 0 spiro atoms. The van der Waals surface area contributed by atoms with Crippen LogP contribution < -0.4 is 10.6 Å². The first kappa shape index (κ1) is 45.4. The SMILES string of the molecule is CC.CC.CC(=O)CNC=O.CCc1ccc(CC(=O)NC2(C)C=CC(Cc3ccc(CC(=O)c4ccc(CCCC(C)C)cc4)cc3)=CC2)cc1. The molecule has 3 aromatic carbocycles. The molecular weight excluding hydrogens is 645 g/mol. The van der Waals surface area contributed by atoms with Crippen molar-refractivity contribution in [1.29, 1.82) is 0 Å². The smallest absolute Gasteiger partial charge is 0.225 e. The summed E-state index contributed by atoms with van der Waals surface area (Å²) in [6.45, 7) is 18.3. The van der Waals surface area contributed by atoms with Crippen LogP contribution in [0, 0.1) is 5.92 Å². The van der Waals surface area contributed by atoms with Gasteiger partial charge in [0.05, 0.1) is 18.5 Å². The quantitative estimate of drug-likeness (QED) is 0.115. The zero-order valence-electron chi connectivity index (χ0n) is 33.3. The van der Waals surface area contributed by atoms with E-state index in [0.717, 1.165) is 48.3 Å². The second-order valence-electron chi connectivity index (χ2n) is 13.4. The third-order valence-corrected chi connectivity index (χ3v) is 8.43. The number of amides is 2. The second-order valence-corrected chi connectivity index (χ2v) is 13.4. The maximum absolute atomic E-state index is 12.8. The summed E-state index contributed by atoms with van der Waals surface area (Å²) in [5.41, 5.74) is 7.52. The molecule has 6 nitrogen and oxygen atoms in total. The summed E-state index contributed by atoms with van der Waals surface area (Å²) in [4.78, 5) is 45.0. The Hall–Kier alpha value is -4.58. The first-order valence-corrected chi connectivity index (χ1v) is 19.1. The Morgan fingerprint density at radius 1 is 0.788 bits per heavy atom. The van der Waals surface area contributed by atoms with Gasteiger partial charge in [0, 0.05) is 12.0 Å². The molecule has 6 heteroatoms. The van der Waals surface area contributed by atoms with Crippen LogP contribution in [0.1, 0.15) is 120 Å². The first-order chi connectivity index (χ1) is 25.0. The Bertz CT molecular complexity index is 1550. The third kappa shape index (κ3) is 18.1. The van der Waals surface area contributed by atoms with E-state index in [4.69, 9.17) is 0 Å². The van der Waals surface area contributed by atoms with Gasteiger partial charge < -0.3 is 10.6 Å². The second kappa shape index (κ2) is 25.4. The number of hydrogen-bond donors (Lipinski definition) is 2. The minimum absolute atomic E-state index is 0.0351. The molecule has 52 heavy (non-hydrogen) atoms. The third-order valence-electron chi connectivity index (χ3n) is 8.43. The van der Waals surface area contributed by atoms with E-state index in [-0.39, 0.29) is 29.6 Å². The minimum Gasteiger partial charge on any atom is -0.352 e. The number of carbonyl (C=O) groups is 4. The van der Waals surface area contributed by atoms with E-state index >= 15 is 0 Å². The molecule has 1 aliphatic rings. The number of aryl methyl sites for hydroxylation is 2. The molecule has 0 radical (unpaired) electrons. The summed E-state index contributed by atoms with van der Waals surface area (Å²) in [5, 5.41) is 5.43. The van der Waals surface area contributed by atoms with Crippen molar-refractivity contribution in [2.24, 2.45) is 5.92 Å². The molecule has 2 amide bonds. The standard InChI is InChI=1S/C38H45NO2.C4H7NO2.2C2H6/c1-5-29-9-11-33(12-10-29)27-37(41)39-38(4)23-21-34(22-24-38)25-31-13-15-32(16-14-31)26-36(40)35-19-17-30(18-20-35)8-6-7-28(2)3;1-4(7)2-5-3-6;2*1-2/h9-23,28H,5-8,24-27H2,1-4H3,(H,39,41);3H,2H2,1H3,(H,5,6);2*1-2H3. The van der Waals surface area contributed by atoms with Gasteiger partial charge in [0.15, 0.2) is 5.78 Å². The van der Waals surface area contributed by atoms with Gasteiger partial charge in [-0.15, -0.1) is 0 Å². The van der Waals surface area contributed by atoms with Crippen LogP contribution in [0.25, 0.3) is 0 Å². The highest BCUT2D eigenvalue weighted by Gasteiger charge is 2.24. The molecule has 0 heterocycles. The highest BCUT2D eigenvalue weighted by Crippen LogP contribution is 2.24. The number of hydrogen-bond acceptors (Lipinski definition) is 4. The van der Waals surface area contributed by atoms with Gasteiger partial charge in [0.1, 0.15) is 5.78 Å². The highest BCUT2D eigenvalue weighted by atomic mass is 16.2. The van der Waals surface area contributed by atoms with Gasteiger partial charge in [0.25, 0.3) is 0 Å². The van der Waals surface area contributed by atoms with Crippen LogP contribution in [0.3, 0.4) is 0 Å². The van der Waals surface area contributed by atoms with Gasteiger partial charge in [-0.25, -0.2) is 0 Å². The number of carbonyl (C=O) groups excluding carboxylic acids is 4. The van der Waals surface area contributed by atoms with Crippen molar-refractivity contribution < 1.29 is 19.2 Å². The van der Waals surface area contributed by atoms with Crippen molar-refractivity contribution in [3.05, 3.63) is 130 Å². The number of rotatable bonds is 16. The van der Waals surface area contributed by atoms with Crippen LogP contribution in [0.15, 0.2) is 96.6 Å². The number of ketones is 2. The molecule has 0 saturated carbocycles. The Balaban J connectivity index is 0.00000109. The van der Waals surface area contributed by atoms with Crippen LogP contribution in [-0.4, -0.2) is 36.0 Å². The van der Waals surface area contributed by atoms with Gasteiger partial charge >= 0.3 is 0 Å². The fourth-order valence-corrected chi connectivity index (χ4v) is 5.49.